The van der Waals surface area contributed by atoms with Crippen LogP contribution < -0.4 is 0 Å². The Morgan fingerprint density at radius 3 is 1.75 bits per heavy atom. The zero-order valence-electron chi connectivity index (χ0n) is 30.7. The van der Waals surface area contributed by atoms with E-state index >= 15 is 0 Å². The number of para-hydroxylation sites is 4. The lowest BCUT2D eigenvalue weighted by atomic mass is 9.98. The maximum atomic E-state index is 6.90. The summed E-state index contributed by atoms with van der Waals surface area (Å²) in [6.45, 7) is 0. The Kier molecular flexibility index (Phi) is 6.86. The third kappa shape index (κ3) is 4.82. The Morgan fingerprint density at radius 2 is 0.982 bits per heavy atom. The fourth-order valence-electron chi connectivity index (χ4n) is 8.81. The molecule has 0 amide bonds. The van der Waals surface area contributed by atoms with E-state index in [1.165, 1.54) is 16.3 Å². The van der Waals surface area contributed by atoms with Gasteiger partial charge in [-0.25, -0.2) is 9.97 Å². The van der Waals surface area contributed by atoms with E-state index in [2.05, 4.69) is 173 Å². The summed E-state index contributed by atoms with van der Waals surface area (Å²) in [5.74, 6) is 0.682. The van der Waals surface area contributed by atoms with Gasteiger partial charge in [0.05, 0.1) is 33.5 Å². The number of nitrogens with zero attached hydrogens (tertiary/aromatic N) is 4. The van der Waals surface area contributed by atoms with E-state index in [9.17, 15) is 0 Å². The van der Waals surface area contributed by atoms with Gasteiger partial charge in [0.2, 0.25) is 0 Å². The molecular weight excluding hydrogens is 697 g/mol. The number of benzene rings is 8. The van der Waals surface area contributed by atoms with Crippen molar-refractivity contribution in [1.29, 1.82) is 0 Å². The topological polar surface area (TPSA) is 48.8 Å². The molecule has 0 aliphatic heterocycles. The minimum atomic E-state index is 0.682. The number of hydrogen-bond acceptors (Lipinski definition) is 3. The van der Waals surface area contributed by atoms with Gasteiger partial charge in [-0.3, -0.25) is 0 Å². The molecule has 0 radical (unpaired) electrons. The molecule has 0 bridgehead atoms. The van der Waals surface area contributed by atoms with Crippen LogP contribution >= 0.6 is 0 Å². The van der Waals surface area contributed by atoms with Gasteiger partial charge in [-0.2, -0.15) is 0 Å². The van der Waals surface area contributed by atoms with E-state index in [0.29, 0.717) is 5.82 Å². The second kappa shape index (κ2) is 12.4. The first-order valence-electron chi connectivity index (χ1n) is 19.3. The first-order valence-corrected chi connectivity index (χ1v) is 19.3. The molecule has 0 aliphatic carbocycles. The Bertz CT molecular complexity index is 3450. The summed E-state index contributed by atoms with van der Waals surface area (Å²) in [4.78, 5) is 10.5. The second-order valence-electron chi connectivity index (χ2n) is 14.6. The van der Waals surface area contributed by atoms with Crippen LogP contribution in [0.2, 0.25) is 0 Å². The number of rotatable bonds is 5. The van der Waals surface area contributed by atoms with Crippen molar-refractivity contribution in [3.8, 4) is 45.3 Å². The first kappa shape index (κ1) is 31.6. The van der Waals surface area contributed by atoms with Crippen molar-refractivity contribution in [1.82, 2.24) is 19.1 Å². The fraction of sp³-hybridized carbons (Fsp3) is 0. The Balaban J connectivity index is 1.21. The van der Waals surface area contributed by atoms with Crippen LogP contribution in [0, 0.1) is 0 Å². The normalized spacial score (nSPS) is 11.9. The van der Waals surface area contributed by atoms with Crippen molar-refractivity contribution in [3.63, 3.8) is 0 Å². The minimum absolute atomic E-state index is 0.682. The summed E-state index contributed by atoms with van der Waals surface area (Å²) >= 11 is 0. The third-order valence-electron chi connectivity index (χ3n) is 11.3. The second-order valence-corrected chi connectivity index (χ2v) is 14.6. The lowest BCUT2D eigenvalue weighted by Gasteiger charge is -2.12. The van der Waals surface area contributed by atoms with Crippen LogP contribution in [0.3, 0.4) is 0 Å². The van der Waals surface area contributed by atoms with Gasteiger partial charge in [0.25, 0.3) is 0 Å². The van der Waals surface area contributed by atoms with Crippen molar-refractivity contribution in [2.75, 3.05) is 0 Å². The fourth-order valence-corrected chi connectivity index (χ4v) is 8.81. The number of hydrogen-bond donors (Lipinski definition) is 0. The quantitative estimate of drug-likeness (QED) is 0.177. The molecule has 5 nitrogen and oxygen atoms in total. The van der Waals surface area contributed by atoms with Gasteiger partial charge in [-0.05, 0) is 60.7 Å². The molecule has 4 heterocycles. The van der Waals surface area contributed by atoms with Crippen LogP contribution in [0.5, 0.6) is 0 Å². The molecule has 0 spiro atoms. The van der Waals surface area contributed by atoms with Crippen LogP contribution in [0.1, 0.15) is 0 Å². The monoisotopic (exact) mass is 728 g/mol. The highest BCUT2D eigenvalue weighted by Gasteiger charge is 2.25. The van der Waals surface area contributed by atoms with E-state index in [4.69, 9.17) is 14.4 Å². The zero-order chi connectivity index (χ0) is 37.5. The molecule has 0 saturated heterocycles. The molecule has 266 valence electrons. The van der Waals surface area contributed by atoms with Crippen LogP contribution in [0.25, 0.3) is 111 Å². The number of fused-ring (bicyclic) bond motifs is 10. The summed E-state index contributed by atoms with van der Waals surface area (Å²) in [5.41, 5.74) is 13.1. The van der Waals surface area contributed by atoms with Crippen molar-refractivity contribution >= 4 is 65.6 Å². The lowest BCUT2D eigenvalue weighted by Crippen LogP contribution is -1.97. The maximum absolute atomic E-state index is 6.90. The van der Waals surface area contributed by atoms with Crippen molar-refractivity contribution < 1.29 is 4.42 Å². The average molecular weight is 729 g/mol. The zero-order valence-corrected chi connectivity index (χ0v) is 30.7. The van der Waals surface area contributed by atoms with E-state index in [1.807, 2.05) is 30.3 Å². The maximum Gasteiger partial charge on any atom is 0.160 e. The Morgan fingerprint density at radius 1 is 0.386 bits per heavy atom. The highest BCUT2D eigenvalue weighted by Crippen LogP contribution is 2.46. The molecule has 12 rings (SSSR count). The van der Waals surface area contributed by atoms with E-state index in [1.54, 1.807) is 0 Å². The average Bonchev–Trinajstić information content (AvgIpc) is 3.95. The molecule has 57 heavy (non-hydrogen) atoms. The Hall–Kier alpha value is -7.76. The molecule has 8 aromatic carbocycles. The van der Waals surface area contributed by atoms with Gasteiger partial charge in [0, 0.05) is 60.4 Å². The lowest BCUT2D eigenvalue weighted by molar-refractivity contribution is 0.671. The summed E-state index contributed by atoms with van der Waals surface area (Å²) in [6.07, 6.45) is 0. The summed E-state index contributed by atoms with van der Waals surface area (Å²) in [5, 5.41) is 6.70. The number of aromatic nitrogens is 4. The highest BCUT2D eigenvalue weighted by atomic mass is 16.3. The first-order chi connectivity index (χ1) is 28.3. The van der Waals surface area contributed by atoms with Gasteiger partial charge >= 0.3 is 0 Å². The molecular formula is C52H32N4O. The van der Waals surface area contributed by atoms with Crippen LogP contribution in [-0.2, 0) is 0 Å². The molecule has 0 atom stereocenters. The van der Waals surface area contributed by atoms with Gasteiger partial charge < -0.3 is 13.6 Å². The van der Waals surface area contributed by atoms with Gasteiger partial charge in [0.15, 0.2) is 11.4 Å². The van der Waals surface area contributed by atoms with Crippen molar-refractivity contribution in [3.05, 3.63) is 194 Å². The highest BCUT2D eigenvalue weighted by molar-refractivity contribution is 6.26. The predicted molar refractivity (Wildman–Crippen MR) is 234 cm³/mol. The molecule has 0 N–H and O–H groups in total. The SMILES string of the molecule is c1ccc(-c2cc(-c3cc4c5ccccc5oc4c4c3c3ccccc3n4-c3ccc4c(c3)c3ccccc3n4-c3ccccc3)nc(-c3ccccc3)n2)cc1. The van der Waals surface area contributed by atoms with Gasteiger partial charge in [-0.1, -0.05) is 133 Å². The Labute approximate surface area is 327 Å². The van der Waals surface area contributed by atoms with Crippen molar-refractivity contribution in [2.45, 2.75) is 0 Å². The smallest absolute Gasteiger partial charge is 0.160 e. The molecule has 5 heteroatoms. The largest absolute Gasteiger partial charge is 0.454 e. The summed E-state index contributed by atoms with van der Waals surface area (Å²) < 4.78 is 11.7. The van der Waals surface area contributed by atoms with E-state index in [0.717, 1.165) is 88.7 Å². The summed E-state index contributed by atoms with van der Waals surface area (Å²) in [6, 6.07) is 68.2. The van der Waals surface area contributed by atoms with Crippen LogP contribution in [-0.4, -0.2) is 19.1 Å². The van der Waals surface area contributed by atoms with Crippen LogP contribution in [0.4, 0.5) is 0 Å². The predicted octanol–water partition coefficient (Wildman–Crippen LogP) is 13.6. The third-order valence-corrected chi connectivity index (χ3v) is 11.3. The minimum Gasteiger partial charge on any atom is -0.454 e. The number of furan rings is 1. The molecule has 12 aromatic rings. The van der Waals surface area contributed by atoms with Crippen molar-refractivity contribution in [2.24, 2.45) is 0 Å². The molecule has 0 aliphatic rings. The standard InChI is InChI=1S/C52H32N4O/c1-4-16-33(17-5-1)43-32-44(54-52(53-43)34-18-6-2-7-19-34)42-31-41-38-23-12-15-27-48(38)57-51(41)50-49(42)39-24-11-14-26-46(39)56(50)36-28-29-47-40(30-36)37-22-10-13-25-45(37)55(47)35-20-8-3-9-21-35/h1-32H. The van der Waals surface area contributed by atoms with E-state index < -0.39 is 0 Å². The van der Waals surface area contributed by atoms with E-state index in [-0.39, 0.29) is 0 Å². The molecule has 0 saturated carbocycles. The molecule has 0 fully saturated rings. The van der Waals surface area contributed by atoms with Crippen LogP contribution in [0.15, 0.2) is 199 Å². The van der Waals surface area contributed by atoms with Gasteiger partial charge in [-0.15, -0.1) is 0 Å². The summed E-state index contributed by atoms with van der Waals surface area (Å²) in [7, 11) is 0. The molecule has 0 unspecified atom stereocenters. The molecule has 4 aromatic heterocycles. The van der Waals surface area contributed by atoms with Gasteiger partial charge in [0.1, 0.15) is 5.58 Å².